The molecule has 2 aromatic rings. The van der Waals surface area contributed by atoms with Crippen LogP contribution in [0.15, 0.2) is 41.9 Å². The summed E-state index contributed by atoms with van der Waals surface area (Å²) in [5.41, 5.74) is 6.81. The number of rotatable bonds is 5. The second-order valence-corrected chi connectivity index (χ2v) is 6.95. The van der Waals surface area contributed by atoms with E-state index in [2.05, 4.69) is 38.2 Å². The molecule has 0 bridgehead atoms. The number of likely N-dealkylation sites (tertiary alicyclic amines) is 1. The van der Waals surface area contributed by atoms with Gasteiger partial charge in [0.1, 0.15) is 6.61 Å². The molecule has 116 valence electrons. The molecular formula is C16H20N4OS. The molecule has 2 fully saturated rings. The minimum absolute atomic E-state index is 0.334. The first kappa shape index (κ1) is 14.1. The maximum atomic E-state index is 5.81. The Morgan fingerprint density at radius 3 is 3.05 bits per heavy atom. The average molecular weight is 316 g/mol. The normalized spacial score (nSPS) is 27.9. The van der Waals surface area contributed by atoms with E-state index < -0.39 is 0 Å². The van der Waals surface area contributed by atoms with Crippen molar-refractivity contribution in [3.8, 4) is 5.88 Å². The Bertz CT molecular complexity index is 591. The van der Waals surface area contributed by atoms with Gasteiger partial charge in [-0.25, -0.2) is 4.98 Å². The standard InChI is InChI=1S/C16H20N4OS/c1-2-6-17-16(5-1)21-11-15-13-9-20(10-14(13)18-19-15)8-12-4-3-7-22-12/h1-7,13-15,18-19H,8-11H2. The van der Waals surface area contributed by atoms with Crippen LogP contribution >= 0.6 is 11.3 Å². The summed E-state index contributed by atoms with van der Waals surface area (Å²) in [5, 5.41) is 2.15. The topological polar surface area (TPSA) is 49.4 Å². The zero-order valence-electron chi connectivity index (χ0n) is 12.3. The second-order valence-electron chi connectivity index (χ2n) is 5.92. The number of hydrogen-bond acceptors (Lipinski definition) is 6. The molecule has 2 saturated heterocycles. The summed E-state index contributed by atoms with van der Waals surface area (Å²) in [7, 11) is 0. The molecule has 0 spiro atoms. The minimum Gasteiger partial charge on any atom is -0.476 e. The van der Waals surface area contributed by atoms with Gasteiger partial charge in [-0.2, -0.15) is 0 Å². The first-order valence-corrected chi connectivity index (χ1v) is 8.56. The van der Waals surface area contributed by atoms with E-state index in [0.29, 0.717) is 30.5 Å². The summed E-state index contributed by atoms with van der Waals surface area (Å²) in [6.45, 7) is 3.91. The minimum atomic E-state index is 0.334. The molecule has 0 amide bonds. The highest BCUT2D eigenvalue weighted by Crippen LogP contribution is 2.26. The number of hydrogen-bond donors (Lipinski definition) is 2. The Morgan fingerprint density at radius 1 is 1.23 bits per heavy atom. The molecule has 0 aromatic carbocycles. The van der Waals surface area contributed by atoms with Crippen molar-refractivity contribution < 1.29 is 4.74 Å². The van der Waals surface area contributed by atoms with Crippen LogP contribution in [0, 0.1) is 5.92 Å². The molecule has 4 rings (SSSR count). The SMILES string of the molecule is c1ccc(OCC2NNC3CN(Cc4cccs4)CC23)nc1. The first-order valence-electron chi connectivity index (χ1n) is 7.68. The zero-order chi connectivity index (χ0) is 14.8. The summed E-state index contributed by atoms with van der Waals surface area (Å²) < 4.78 is 5.81. The van der Waals surface area contributed by atoms with E-state index in [0.717, 1.165) is 19.6 Å². The molecule has 22 heavy (non-hydrogen) atoms. The highest BCUT2D eigenvalue weighted by Gasteiger charge is 2.42. The molecule has 3 atom stereocenters. The van der Waals surface area contributed by atoms with Crippen LogP contribution in [0.3, 0.4) is 0 Å². The molecule has 0 radical (unpaired) electrons. The highest BCUT2D eigenvalue weighted by molar-refractivity contribution is 7.09. The number of thiophene rings is 1. The maximum absolute atomic E-state index is 5.81. The Balaban J connectivity index is 1.32. The van der Waals surface area contributed by atoms with Crippen LogP contribution in [0.1, 0.15) is 4.88 Å². The Labute approximate surface area is 134 Å². The van der Waals surface area contributed by atoms with E-state index in [1.807, 2.05) is 29.5 Å². The van der Waals surface area contributed by atoms with Crippen molar-refractivity contribution in [2.24, 2.45) is 5.92 Å². The number of nitrogens with one attached hydrogen (secondary N) is 2. The van der Waals surface area contributed by atoms with E-state index >= 15 is 0 Å². The predicted molar refractivity (Wildman–Crippen MR) is 86.7 cm³/mol. The molecule has 6 heteroatoms. The van der Waals surface area contributed by atoms with Crippen LogP contribution < -0.4 is 15.6 Å². The molecular weight excluding hydrogens is 296 g/mol. The van der Waals surface area contributed by atoms with Crippen LogP contribution in [0.2, 0.25) is 0 Å². The fourth-order valence-corrected chi connectivity index (χ4v) is 4.07. The van der Waals surface area contributed by atoms with Crippen molar-refractivity contribution in [1.82, 2.24) is 20.7 Å². The second kappa shape index (κ2) is 6.34. The molecule has 2 N–H and O–H groups in total. The number of aromatic nitrogens is 1. The lowest BCUT2D eigenvalue weighted by Gasteiger charge is -2.20. The quantitative estimate of drug-likeness (QED) is 0.875. The third-order valence-electron chi connectivity index (χ3n) is 4.42. The Hall–Kier alpha value is -1.47. The van der Waals surface area contributed by atoms with Gasteiger partial charge in [0.05, 0.1) is 6.04 Å². The largest absolute Gasteiger partial charge is 0.476 e. The van der Waals surface area contributed by atoms with E-state index in [4.69, 9.17) is 4.74 Å². The van der Waals surface area contributed by atoms with Crippen LogP contribution in [0.25, 0.3) is 0 Å². The van der Waals surface area contributed by atoms with Crippen molar-refractivity contribution in [1.29, 1.82) is 0 Å². The third-order valence-corrected chi connectivity index (χ3v) is 5.28. The van der Waals surface area contributed by atoms with Crippen molar-refractivity contribution in [3.05, 3.63) is 46.8 Å². The molecule has 2 aliphatic rings. The fourth-order valence-electron chi connectivity index (χ4n) is 3.32. The predicted octanol–water partition coefficient (Wildman–Crippen LogP) is 1.50. The van der Waals surface area contributed by atoms with Gasteiger partial charge >= 0.3 is 0 Å². The monoisotopic (exact) mass is 316 g/mol. The van der Waals surface area contributed by atoms with Crippen molar-refractivity contribution in [2.45, 2.75) is 18.6 Å². The van der Waals surface area contributed by atoms with Crippen LogP contribution in [-0.4, -0.2) is 41.7 Å². The number of ether oxygens (including phenoxy) is 1. The summed E-state index contributed by atoms with van der Waals surface area (Å²) in [4.78, 5) is 8.18. The van der Waals surface area contributed by atoms with E-state index in [9.17, 15) is 0 Å². The van der Waals surface area contributed by atoms with Crippen LogP contribution in [0.5, 0.6) is 5.88 Å². The van der Waals surface area contributed by atoms with Gasteiger partial charge in [-0.1, -0.05) is 12.1 Å². The summed E-state index contributed by atoms with van der Waals surface area (Å²) in [5.74, 6) is 1.28. The smallest absolute Gasteiger partial charge is 0.213 e. The molecule has 3 unspecified atom stereocenters. The summed E-state index contributed by atoms with van der Waals surface area (Å²) in [6, 6.07) is 10.9. The van der Waals surface area contributed by atoms with Gasteiger partial charge in [-0.15, -0.1) is 11.3 Å². The van der Waals surface area contributed by atoms with E-state index in [-0.39, 0.29) is 0 Å². The molecule has 0 aliphatic carbocycles. The fraction of sp³-hybridized carbons (Fsp3) is 0.438. The van der Waals surface area contributed by atoms with Gasteiger partial charge in [-0.05, 0) is 17.5 Å². The molecule has 5 nitrogen and oxygen atoms in total. The van der Waals surface area contributed by atoms with Gasteiger partial charge in [0.2, 0.25) is 5.88 Å². The average Bonchev–Trinajstić information content (AvgIpc) is 3.25. The Kier molecular flexibility index (Phi) is 4.07. The number of pyridine rings is 1. The number of nitrogens with zero attached hydrogens (tertiary/aromatic N) is 2. The number of hydrazine groups is 1. The Morgan fingerprint density at radius 2 is 2.23 bits per heavy atom. The van der Waals surface area contributed by atoms with Gasteiger partial charge in [0.25, 0.3) is 0 Å². The van der Waals surface area contributed by atoms with Crippen molar-refractivity contribution in [3.63, 3.8) is 0 Å². The lowest BCUT2D eigenvalue weighted by atomic mass is 9.98. The van der Waals surface area contributed by atoms with Gasteiger partial charge in [-0.3, -0.25) is 15.8 Å². The van der Waals surface area contributed by atoms with Gasteiger partial charge in [0.15, 0.2) is 0 Å². The molecule has 4 heterocycles. The van der Waals surface area contributed by atoms with Gasteiger partial charge in [0, 0.05) is 48.7 Å². The highest BCUT2D eigenvalue weighted by atomic mass is 32.1. The van der Waals surface area contributed by atoms with Crippen molar-refractivity contribution >= 4 is 11.3 Å². The summed E-state index contributed by atoms with van der Waals surface area (Å²) >= 11 is 1.84. The van der Waals surface area contributed by atoms with Crippen molar-refractivity contribution in [2.75, 3.05) is 19.7 Å². The molecule has 2 aliphatic heterocycles. The molecule has 2 aromatic heterocycles. The maximum Gasteiger partial charge on any atom is 0.213 e. The third kappa shape index (κ3) is 3.01. The van der Waals surface area contributed by atoms with Crippen LogP contribution in [-0.2, 0) is 6.54 Å². The lowest BCUT2D eigenvalue weighted by molar-refractivity contribution is 0.221. The van der Waals surface area contributed by atoms with Crippen LogP contribution in [0.4, 0.5) is 0 Å². The van der Waals surface area contributed by atoms with E-state index in [1.54, 1.807) is 6.20 Å². The van der Waals surface area contributed by atoms with Gasteiger partial charge < -0.3 is 4.74 Å². The zero-order valence-corrected chi connectivity index (χ0v) is 13.1. The molecule has 0 saturated carbocycles. The van der Waals surface area contributed by atoms with E-state index in [1.165, 1.54) is 4.88 Å². The lowest BCUT2D eigenvalue weighted by Crippen LogP contribution is -2.41. The summed E-state index contributed by atoms with van der Waals surface area (Å²) in [6.07, 6.45) is 1.76. The number of fused-ring (bicyclic) bond motifs is 1. The first-order chi connectivity index (χ1) is 10.9.